The molecule has 0 aromatic heterocycles. The Hall–Kier alpha value is -1.43. The third kappa shape index (κ3) is 4.30. The summed E-state index contributed by atoms with van der Waals surface area (Å²) in [5.41, 5.74) is 2.12. The van der Waals surface area contributed by atoms with E-state index in [1.165, 1.54) is 50.8 Å². The molecule has 5 heteroatoms. The fourth-order valence-corrected chi connectivity index (χ4v) is 6.35. The maximum atomic E-state index is 13.2. The van der Waals surface area contributed by atoms with Gasteiger partial charge in [-0.2, -0.15) is 0 Å². The zero-order valence-electron chi connectivity index (χ0n) is 18.2. The van der Waals surface area contributed by atoms with Gasteiger partial charge in [0.15, 0.2) is 0 Å². The second kappa shape index (κ2) is 8.97. The molecule has 1 aliphatic carbocycles. The van der Waals surface area contributed by atoms with Gasteiger partial charge in [-0.05, 0) is 94.2 Å². The summed E-state index contributed by atoms with van der Waals surface area (Å²) in [6, 6.07) is 8.62. The standard InChI is InChI=1S/C25H37N3O2/c29-24-15-22-18-28(17-21(22)14-23(24)27-12-4-5-13-27)25(30)20-8-6-19(7-9-20)16-26-10-2-1-3-11-26/h6-9,21-24,29H,1-5,10-18H2/t21-,22+,23-,24-/m1/s1. The Morgan fingerprint density at radius 3 is 2.20 bits per heavy atom. The van der Waals surface area contributed by atoms with Gasteiger partial charge < -0.3 is 10.0 Å². The molecule has 1 N–H and O–H groups in total. The molecule has 4 atom stereocenters. The average molecular weight is 412 g/mol. The van der Waals surface area contributed by atoms with Crippen LogP contribution in [0.3, 0.4) is 0 Å². The summed E-state index contributed by atoms with van der Waals surface area (Å²) in [5, 5.41) is 10.7. The molecule has 5 nitrogen and oxygen atoms in total. The lowest BCUT2D eigenvalue weighted by atomic mass is 9.77. The highest BCUT2D eigenvalue weighted by atomic mass is 16.3. The first-order valence-corrected chi connectivity index (χ1v) is 12.2. The molecule has 30 heavy (non-hydrogen) atoms. The first-order chi connectivity index (χ1) is 14.7. The lowest BCUT2D eigenvalue weighted by Gasteiger charge is -2.40. The summed E-state index contributed by atoms with van der Waals surface area (Å²) in [7, 11) is 0. The summed E-state index contributed by atoms with van der Waals surface area (Å²) in [6.07, 6.45) is 8.16. The number of aliphatic hydroxyl groups is 1. The molecule has 4 fully saturated rings. The quantitative estimate of drug-likeness (QED) is 0.828. The Labute approximate surface area is 181 Å². The Balaban J connectivity index is 1.19. The third-order valence-electron chi connectivity index (χ3n) is 8.06. The van der Waals surface area contributed by atoms with E-state index in [2.05, 4.69) is 21.9 Å². The highest BCUT2D eigenvalue weighted by Crippen LogP contribution is 2.39. The zero-order valence-corrected chi connectivity index (χ0v) is 18.2. The van der Waals surface area contributed by atoms with Gasteiger partial charge in [-0.25, -0.2) is 0 Å². The van der Waals surface area contributed by atoms with E-state index in [4.69, 9.17) is 0 Å². The molecule has 4 aliphatic rings. The van der Waals surface area contributed by atoms with Crippen LogP contribution in [0, 0.1) is 11.8 Å². The molecule has 1 amide bonds. The van der Waals surface area contributed by atoms with Gasteiger partial charge in [-0.1, -0.05) is 18.6 Å². The van der Waals surface area contributed by atoms with Crippen LogP contribution in [0.25, 0.3) is 0 Å². The molecular formula is C25H37N3O2. The minimum absolute atomic E-state index is 0.168. The summed E-state index contributed by atoms with van der Waals surface area (Å²) < 4.78 is 0. The van der Waals surface area contributed by atoms with E-state index in [1.54, 1.807) is 0 Å². The highest BCUT2D eigenvalue weighted by molar-refractivity contribution is 5.94. The summed E-state index contributed by atoms with van der Waals surface area (Å²) in [6.45, 7) is 7.32. The predicted molar refractivity (Wildman–Crippen MR) is 118 cm³/mol. The van der Waals surface area contributed by atoms with Crippen LogP contribution in [0.1, 0.15) is 60.9 Å². The van der Waals surface area contributed by atoms with E-state index in [0.717, 1.165) is 51.1 Å². The maximum Gasteiger partial charge on any atom is 0.253 e. The minimum atomic E-state index is -0.228. The minimum Gasteiger partial charge on any atom is -0.391 e. The van der Waals surface area contributed by atoms with Crippen molar-refractivity contribution >= 4 is 5.91 Å². The second-order valence-electron chi connectivity index (χ2n) is 10.1. The number of carbonyl (C=O) groups excluding carboxylic acids is 1. The lowest BCUT2D eigenvalue weighted by Crippen LogP contribution is -2.48. The van der Waals surface area contributed by atoms with Crippen LogP contribution in [0.5, 0.6) is 0 Å². The van der Waals surface area contributed by atoms with Crippen LogP contribution in [0.15, 0.2) is 24.3 Å². The van der Waals surface area contributed by atoms with Gasteiger partial charge in [0.1, 0.15) is 0 Å². The maximum absolute atomic E-state index is 13.2. The summed E-state index contributed by atoms with van der Waals surface area (Å²) in [5.74, 6) is 1.17. The molecule has 164 valence electrons. The molecule has 3 heterocycles. The molecule has 3 aliphatic heterocycles. The molecule has 1 saturated carbocycles. The second-order valence-corrected chi connectivity index (χ2v) is 10.1. The molecule has 1 aromatic carbocycles. The van der Waals surface area contributed by atoms with E-state index >= 15 is 0 Å². The van der Waals surface area contributed by atoms with Crippen molar-refractivity contribution < 1.29 is 9.90 Å². The van der Waals surface area contributed by atoms with Gasteiger partial charge in [0.25, 0.3) is 5.91 Å². The number of likely N-dealkylation sites (tertiary alicyclic amines) is 3. The van der Waals surface area contributed by atoms with Crippen molar-refractivity contribution in [2.45, 2.75) is 63.6 Å². The van der Waals surface area contributed by atoms with Gasteiger partial charge >= 0.3 is 0 Å². The number of fused-ring (bicyclic) bond motifs is 1. The number of piperidine rings is 1. The first kappa shape index (κ1) is 20.5. The van der Waals surface area contributed by atoms with Gasteiger partial charge in [-0.15, -0.1) is 0 Å². The van der Waals surface area contributed by atoms with Crippen LogP contribution in [-0.2, 0) is 6.54 Å². The van der Waals surface area contributed by atoms with Crippen molar-refractivity contribution in [3.05, 3.63) is 35.4 Å². The molecule has 5 rings (SSSR count). The van der Waals surface area contributed by atoms with Crippen LogP contribution >= 0.6 is 0 Å². The Kier molecular flexibility index (Phi) is 6.12. The summed E-state index contributed by atoms with van der Waals surface area (Å²) in [4.78, 5) is 20.2. The van der Waals surface area contributed by atoms with E-state index in [-0.39, 0.29) is 12.0 Å². The monoisotopic (exact) mass is 411 g/mol. The highest BCUT2D eigenvalue weighted by Gasteiger charge is 2.44. The number of hydrogen-bond donors (Lipinski definition) is 1. The molecule has 1 aromatic rings. The van der Waals surface area contributed by atoms with Crippen LogP contribution in [0.4, 0.5) is 0 Å². The van der Waals surface area contributed by atoms with Crippen molar-refractivity contribution in [3.63, 3.8) is 0 Å². The molecule has 0 unspecified atom stereocenters. The largest absolute Gasteiger partial charge is 0.391 e. The van der Waals surface area contributed by atoms with Crippen molar-refractivity contribution in [1.29, 1.82) is 0 Å². The normalized spacial score (nSPS) is 33.0. The van der Waals surface area contributed by atoms with Crippen molar-refractivity contribution in [2.75, 3.05) is 39.3 Å². The number of aliphatic hydroxyl groups excluding tert-OH is 1. The Morgan fingerprint density at radius 1 is 0.867 bits per heavy atom. The third-order valence-corrected chi connectivity index (χ3v) is 8.06. The molecular weight excluding hydrogens is 374 g/mol. The van der Waals surface area contributed by atoms with Crippen molar-refractivity contribution in [3.8, 4) is 0 Å². The fourth-order valence-electron chi connectivity index (χ4n) is 6.35. The molecule has 0 spiro atoms. The summed E-state index contributed by atoms with van der Waals surface area (Å²) >= 11 is 0. The van der Waals surface area contributed by atoms with Crippen LogP contribution in [0.2, 0.25) is 0 Å². The van der Waals surface area contributed by atoms with Gasteiger partial charge in [-0.3, -0.25) is 14.6 Å². The first-order valence-electron chi connectivity index (χ1n) is 12.2. The molecule has 3 saturated heterocycles. The van der Waals surface area contributed by atoms with E-state index < -0.39 is 0 Å². The zero-order chi connectivity index (χ0) is 20.5. The number of nitrogens with zero attached hydrogens (tertiary/aromatic N) is 3. The lowest BCUT2D eigenvalue weighted by molar-refractivity contribution is -0.000864. The molecule has 0 bridgehead atoms. The number of benzene rings is 1. The van der Waals surface area contributed by atoms with Crippen LogP contribution in [-0.4, -0.2) is 77.1 Å². The van der Waals surface area contributed by atoms with Crippen molar-refractivity contribution in [2.24, 2.45) is 11.8 Å². The SMILES string of the molecule is O=C(c1ccc(CN2CCCCC2)cc1)N1C[C@H]2C[C@@H](N3CCCC3)[C@H](O)C[C@H]2C1. The van der Waals surface area contributed by atoms with Crippen molar-refractivity contribution in [1.82, 2.24) is 14.7 Å². The van der Waals surface area contributed by atoms with Gasteiger partial charge in [0.2, 0.25) is 0 Å². The average Bonchev–Trinajstić information content (AvgIpc) is 3.43. The predicted octanol–water partition coefficient (Wildman–Crippen LogP) is 2.98. The number of amides is 1. The number of hydrogen-bond acceptors (Lipinski definition) is 4. The van der Waals surface area contributed by atoms with E-state index in [0.29, 0.717) is 17.9 Å². The Bertz CT molecular complexity index is 724. The molecule has 0 radical (unpaired) electrons. The van der Waals surface area contributed by atoms with Gasteiger partial charge in [0, 0.05) is 31.2 Å². The number of carbonyl (C=O) groups is 1. The number of rotatable bonds is 4. The fraction of sp³-hybridized carbons (Fsp3) is 0.720. The smallest absolute Gasteiger partial charge is 0.253 e. The Morgan fingerprint density at radius 2 is 1.50 bits per heavy atom. The van der Waals surface area contributed by atoms with E-state index in [9.17, 15) is 9.90 Å². The van der Waals surface area contributed by atoms with Crippen LogP contribution < -0.4 is 0 Å². The van der Waals surface area contributed by atoms with E-state index in [1.807, 2.05) is 17.0 Å². The van der Waals surface area contributed by atoms with Gasteiger partial charge in [0.05, 0.1) is 6.10 Å². The topological polar surface area (TPSA) is 47.0 Å².